The minimum atomic E-state index is 0.0880. The van der Waals surface area contributed by atoms with E-state index in [0.717, 1.165) is 39.5 Å². The molecular formula is C33H33ClN8O2. The van der Waals surface area contributed by atoms with Crippen molar-refractivity contribution in [2.45, 2.75) is 25.9 Å². The average Bonchev–Trinajstić information content (AvgIpc) is 3.50. The van der Waals surface area contributed by atoms with Crippen LogP contribution in [0.1, 0.15) is 37.1 Å². The zero-order valence-electron chi connectivity index (χ0n) is 24.8. The number of rotatable bonds is 9. The third-order valence-corrected chi connectivity index (χ3v) is 7.07. The van der Waals surface area contributed by atoms with E-state index in [2.05, 4.69) is 42.5 Å². The van der Waals surface area contributed by atoms with Gasteiger partial charge in [-0.1, -0.05) is 48.0 Å². The number of imidazole rings is 1. The molecule has 224 valence electrons. The second-order valence-corrected chi connectivity index (χ2v) is 10.3. The van der Waals surface area contributed by atoms with Gasteiger partial charge in [0.25, 0.3) is 0 Å². The van der Waals surface area contributed by atoms with Crippen LogP contribution < -0.4 is 20.1 Å². The SMILES string of the molecule is COc1ccc([C@H](C)Nc2cncc(-n3cnc4ccccc43)n2)cc1.COc1ccc([C@H](C)Nc2cncc(Cl)n2)cc1. The van der Waals surface area contributed by atoms with Crippen molar-refractivity contribution in [2.24, 2.45) is 0 Å². The normalized spacial score (nSPS) is 12.0. The summed E-state index contributed by atoms with van der Waals surface area (Å²) in [5, 5.41) is 7.01. The van der Waals surface area contributed by atoms with Gasteiger partial charge in [0.05, 0.1) is 50.0 Å². The number of fused-ring (bicyclic) bond motifs is 1. The van der Waals surface area contributed by atoms with Crippen LogP contribution in [0.5, 0.6) is 11.5 Å². The fraction of sp³-hybridized carbons (Fsp3) is 0.182. The van der Waals surface area contributed by atoms with Gasteiger partial charge in [-0.3, -0.25) is 14.5 Å². The maximum absolute atomic E-state index is 5.78. The van der Waals surface area contributed by atoms with E-state index in [1.807, 2.05) is 84.3 Å². The van der Waals surface area contributed by atoms with Gasteiger partial charge in [0.2, 0.25) is 0 Å². The molecule has 6 rings (SSSR count). The Bertz CT molecular complexity index is 1790. The molecular weight excluding hydrogens is 576 g/mol. The van der Waals surface area contributed by atoms with Gasteiger partial charge < -0.3 is 20.1 Å². The molecule has 3 aromatic carbocycles. The Morgan fingerprint density at radius 2 is 1.23 bits per heavy atom. The Hall–Kier alpha value is -5.22. The molecule has 3 heterocycles. The van der Waals surface area contributed by atoms with Gasteiger partial charge in [-0.25, -0.2) is 15.0 Å². The lowest BCUT2D eigenvalue weighted by molar-refractivity contribution is 0.414. The van der Waals surface area contributed by atoms with Gasteiger partial charge in [-0.05, 0) is 61.4 Å². The van der Waals surface area contributed by atoms with E-state index in [9.17, 15) is 0 Å². The summed E-state index contributed by atoms with van der Waals surface area (Å²) in [6.45, 7) is 4.13. The van der Waals surface area contributed by atoms with Crippen LogP contribution in [0, 0.1) is 0 Å². The molecule has 0 radical (unpaired) electrons. The van der Waals surface area contributed by atoms with Gasteiger partial charge in [-0.2, -0.15) is 0 Å². The molecule has 0 amide bonds. The predicted octanol–water partition coefficient (Wildman–Crippen LogP) is 7.31. The molecule has 0 saturated heterocycles. The average molecular weight is 609 g/mol. The number of methoxy groups -OCH3 is 2. The lowest BCUT2D eigenvalue weighted by Gasteiger charge is -2.15. The van der Waals surface area contributed by atoms with Crippen LogP contribution in [0.15, 0.2) is 104 Å². The highest BCUT2D eigenvalue weighted by atomic mass is 35.5. The van der Waals surface area contributed by atoms with E-state index in [0.29, 0.717) is 16.8 Å². The number of hydrogen-bond acceptors (Lipinski definition) is 9. The number of ether oxygens (including phenoxy) is 2. The number of para-hydroxylation sites is 2. The summed E-state index contributed by atoms with van der Waals surface area (Å²) in [6, 6.07) is 24.0. The highest BCUT2D eigenvalue weighted by Crippen LogP contribution is 2.23. The van der Waals surface area contributed by atoms with Gasteiger partial charge >= 0.3 is 0 Å². The third kappa shape index (κ3) is 7.59. The Balaban J connectivity index is 0.000000187. The van der Waals surface area contributed by atoms with Crippen molar-refractivity contribution in [1.29, 1.82) is 0 Å². The van der Waals surface area contributed by atoms with Gasteiger partial charge in [0.15, 0.2) is 5.82 Å². The van der Waals surface area contributed by atoms with E-state index < -0.39 is 0 Å². The molecule has 0 saturated carbocycles. The second kappa shape index (κ2) is 14.3. The first-order valence-electron chi connectivity index (χ1n) is 14.0. The van der Waals surface area contributed by atoms with Crippen LogP contribution in [0.4, 0.5) is 11.6 Å². The summed E-state index contributed by atoms with van der Waals surface area (Å²) in [5.41, 5.74) is 4.21. The first-order chi connectivity index (χ1) is 21.4. The Morgan fingerprint density at radius 3 is 1.80 bits per heavy atom. The second-order valence-electron chi connectivity index (χ2n) is 9.87. The monoisotopic (exact) mass is 608 g/mol. The summed E-state index contributed by atoms with van der Waals surface area (Å²) in [5.74, 6) is 3.78. The van der Waals surface area contributed by atoms with Gasteiger partial charge in [-0.15, -0.1) is 0 Å². The van der Waals surface area contributed by atoms with E-state index in [-0.39, 0.29) is 12.1 Å². The molecule has 3 aromatic heterocycles. The molecule has 0 spiro atoms. The topological polar surface area (TPSA) is 112 Å². The molecule has 0 aliphatic carbocycles. The van der Waals surface area contributed by atoms with Crippen molar-refractivity contribution in [2.75, 3.05) is 24.9 Å². The molecule has 0 unspecified atom stereocenters. The van der Waals surface area contributed by atoms with Crippen molar-refractivity contribution in [3.05, 3.63) is 120 Å². The summed E-state index contributed by atoms with van der Waals surface area (Å²) < 4.78 is 12.3. The van der Waals surface area contributed by atoms with Crippen LogP contribution >= 0.6 is 11.6 Å². The number of aromatic nitrogens is 6. The largest absolute Gasteiger partial charge is 0.497 e. The minimum absolute atomic E-state index is 0.0880. The van der Waals surface area contributed by atoms with Gasteiger partial charge in [0.1, 0.15) is 34.6 Å². The molecule has 10 nitrogen and oxygen atoms in total. The van der Waals surface area contributed by atoms with Crippen LogP contribution in [0.3, 0.4) is 0 Å². The van der Waals surface area contributed by atoms with E-state index in [1.165, 1.54) is 6.20 Å². The van der Waals surface area contributed by atoms with Crippen LogP contribution in [-0.2, 0) is 0 Å². The van der Waals surface area contributed by atoms with Crippen molar-refractivity contribution < 1.29 is 9.47 Å². The summed E-state index contributed by atoms with van der Waals surface area (Å²) in [7, 11) is 3.32. The Kier molecular flexibility index (Phi) is 9.83. The molecule has 0 aliphatic heterocycles. The maximum atomic E-state index is 5.78. The number of halogens is 1. The van der Waals surface area contributed by atoms with Crippen molar-refractivity contribution in [1.82, 2.24) is 29.5 Å². The van der Waals surface area contributed by atoms with Crippen LogP contribution in [0.2, 0.25) is 5.15 Å². The lowest BCUT2D eigenvalue weighted by atomic mass is 10.1. The first-order valence-corrected chi connectivity index (χ1v) is 14.3. The summed E-state index contributed by atoms with van der Waals surface area (Å²) >= 11 is 5.78. The number of nitrogens with one attached hydrogen (secondary N) is 2. The predicted molar refractivity (Wildman–Crippen MR) is 174 cm³/mol. The molecule has 0 fully saturated rings. The van der Waals surface area contributed by atoms with Crippen LogP contribution in [0.25, 0.3) is 16.9 Å². The lowest BCUT2D eigenvalue weighted by Crippen LogP contribution is -2.09. The molecule has 2 atom stereocenters. The first kappa shape index (κ1) is 30.2. The molecule has 0 aliphatic rings. The fourth-order valence-electron chi connectivity index (χ4n) is 4.49. The van der Waals surface area contributed by atoms with E-state index >= 15 is 0 Å². The summed E-state index contributed by atoms with van der Waals surface area (Å²) in [6.07, 6.45) is 8.38. The minimum Gasteiger partial charge on any atom is -0.497 e. The highest BCUT2D eigenvalue weighted by Gasteiger charge is 2.10. The number of hydrogen-bond donors (Lipinski definition) is 2. The third-order valence-electron chi connectivity index (χ3n) is 6.89. The Morgan fingerprint density at radius 1 is 0.682 bits per heavy atom. The van der Waals surface area contributed by atoms with Crippen molar-refractivity contribution in [3.63, 3.8) is 0 Å². The Labute approximate surface area is 261 Å². The number of anilines is 2. The zero-order valence-corrected chi connectivity index (χ0v) is 25.6. The van der Waals surface area contributed by atoms with Gasteiger partial charge in [0, 0.05) is 12.1 Å². The van der Waals surface area contributed by atoms with Crippen molar-refractivity contribution >= 4 is 34.3 Å². The quantitative estimate of drug-likeness (QED) is 0.174. The maximum Gasteiger partial charge on any atom is 0.159 e. The van der Waals surface area contributed by atoms with Crippen molar-refractivity contribution in [3.8, 4) is 17.3 Å². The molecule has 0 bridgehead atoms. The summed E-state index contributed by atoms with van der Waals surface area (Å²) in [4.78, 5) is 21.6. The smallest absolute Gasteiger partial charge is 0.159 e. The van der Waals surface area contributed by atoms with Crippen LogP contribution in [-0.4, -0.2) is 43.7 Å². The zero-order chi connectivity index (χ0) is 30.9. The molecule has 2 N–H and O–H groups in total. The number of nitrogens with zero attached hydrogens (tertiary/aromatic N) is 6. The highest BCUT2D eigenvalue weighted by molar-refractivity contribution is 6.29. The van der Waals surface area contributed by atoms with E-state index in [4.69, 9.17) is 21.1 Å². The van der Waals surface area contributed by atoms with E-state index in [1.54, 1.807) is 39.1 Å². The molecule has 44 heavy (non-hydrogen) atoms. The molecule has 11 heteroatoms. The molecule has 6 aromatic rings. The number of benzene rings is 3. The standard InChI is InChI=1S/C20H19N5O.C13H14ClN3O/c1-14(15-7-9-16(26-2)10-8-15)23-19-11-21-12-20(24-19)25-13-22-17-5-3-4-6-18(17)25;1-9(10-3-5-11(18-2)6-4-10)16-13-8-15-7-12(14)17-13/h3-14H,1-2H3,(H,23,24);3-9H,1-2H3,(H,16,17)/t14-;9-/m00/s1. The fourth-order valence-corrected chi connectivity index (χ4v) is 4.64.